The Morgan fingerprint density at radius 2 is 2.20 bits per heavy atom. The van der Waals surface area contributed by atoms with Gasteiger partial charge in [0.25, 0.3) is 5.91 Å². The molecule has 5 nitrogen and oxygen atoms in total. The second-order valence-electron chi connectivity index (χ2n) is 4.52. The topological polar surface area (TPSA) is 77.2 Å². The summed E-state index contributed by atoms with van der Waals surface area (Å²) in [7, 11) is 0. The lowest BCUT2D eigenvalue weighted by Crippen LogP contribution is -2.16. The van der Waals surface area contributed by atoms with Crippen molar-refractivity contribution in [3.05, 3.63) is 53.4 Å². The smallest absolute Gasteiger partial charge is 0.251 e. The number of rotatable bonds is 2. The Labute approximate surface area is 116 Å². The van der Waals surface area contributed by atoms with Crippen LogP contribution in [0.25, 0.3) is 17.3 Å². The van der Waals surface area contributed by atoms with Crippen LogP contribution in [0.2, 0.25) is 0 Å². The van der Waals surface area contributed by atoms with Gasteiger partial charge >= 0.3 is 0 Å². The Morgan fingerprint density at radius 1 is 1.35 bits per heavy atom. The number of primary amides is 1. The lowest BCUT2D eigenvalue weighted by molar-refractivity contribution is 0.1000. The van der Waals surface area contributed by atoms with E-state index in [1.807, 2.05) is 31.2 Å². The van der Waals surface area contributed by atoms with Crippen molar-refractivity contribution in [2.24, 2.45) is 5.73 Å². The van der Waals surface area contributed by atoms with Gasteiger partial charge in [-0.15, -0.1) is 0 Å². The summed E-state index contributed by atoms with van der Waals surface area (Å²) in [5.41, 5.74) is 11.7. The molecule has 3 N–H and O–H groups in total. The third kappa shape index (κ3) is 1.99. The zero-order valence-corrected chi connectivity index (χ0v) is 10.9. The molecule has 2 heterocycles. The zero-order chi connectivity index (χ0) is 14.1. The van der Waals surface area contributed by atoms with E-state index >= 15 is 0 Å². The molecule has 0 radical (unpaired) electrons. The summed E-state index contributed by atoms with van der Waals surface area (Å²) in [4.78, 5) is 21.3. The highest BCUT2D eigenvalue weighted by atomic mass is 16.6. The molecule has 0 fully saturated rings. The summed E-state index contributed by atoms with van der Waals surface area (Å²) in [5, 5.41) is 0. The van der Waals surface area contributed by atoms with E-state index < -0.39 is 5.91 Å². The average Bonchev–Trinajstić information content (AvgIpc) is 2.46. The number of hydrogen-bond donors (Lipinski definition) is 2. The summed E-state index contributed by atoms with van der Waals surface area (Å²) in [6, 6.07) is 7.41. The van der Waals surface area contributed by atoms with Crippen LogP contribution in [0.4, 0.5) is 0 Å². The van der Waals surface area contributed by atoms with Crippen molar-refractivity contribution >= 4 is 12.0 Å². The molecular weight excluding hydrogens is 254 g/mol. The van der Waals surface area contributed by atoms with Gasteiger partial charge in [-0.2, -0.15) is 0 Å². The highest BCUT2D eigenvalue weighted by Gasteiger charge is 2.16. The minimum atomic E-state index is -0.484. The molecule has 5 heteroatoms. The Morgan fingerprint density at radius 3 is 3.00 bits per heavy atom. The molecule has 1 aliphatic heterocycles. The zero-order valence-electron chi connectivity index (χ0n) is 10.9. The molecule has 0 bridgehead atoms. The largest absolute Gasteiger partial charge is 0.382 e. The van der Waals surface area contributed by atoms with Crippen LogP contribution >= 0.6 is 0 Å². The van der Waals surface area contributed by atoms with E-state index in [0.29, 0.717) is 17.0 Å². The van der Waals surface area contributed by atoms with Gasteiger partial charge in [0, 0.05) is 23.5 Å². The van der Waals surface area contributed by atoms with Crippen LogP contribution in [0.3, 0.4) is 0 Å². The van der Waals surface area contributed by atoms with Crippen molar-refractivity contribution < 1.29 is 9.63 Å². The summed E-state index contributed by atoms with van der Waals surface area (Å²) in [6.07, 6.45) is 5.28. The molecular formula is C15H13N3O2. The van der Waals surface area contributed by atoms with Crippen LogP contribution in [-0.2, 0) is 0 Å². The van der Waals surface area contributed by atoms with Crippen LogP contribution in [0.15, 0.2) is 36.7 Å². The van der Waals surface area contributed by atoms with Crippen LogP contribution in [-0.4, -0.2) is 10.9 Å². The molecule has 1 aromatic heterocycles. The fraction of sp³-hybridized carbons (Fsp3) is 0.0667. The van der Waals surface area contributed by atoms with Crippen LogP contribution in [0, 0.1) is 6.92 Å². The van der Waals surface area contributed by atoms with Gasteiger partial charge in [0.2, 0.25) is 0 Å². The van der Waals surface area contributed by atoms with Crippen molar-refractivity contribution in [3.63, 3.8) is 0 Å². The molecule has 0 saturated heterocycles. The number of carbonyl (C=O) groups excluding carboxylic acids is 1. The number of hydrogen-bond acceptors (Lipinski definition) is 4. The van der Waals surface area contributed by atoms with Crippen LogP contribution in [0.1, 0.15) is 21.5 Å². The molecule has 1 aliphatic rings. The first-order chi connectivity index (χ1) is 9.66. The summed E-state index contributed by atoms with van der Waals surface area (Å²) in [6.45, 7) is 1.84. The van der Waals surface area contributed by atoms with E-state index in [2.05, 4.69) is 10.5 Å². The van der Waals surface area contributed by atoms with Crippen molar-refractivity contribution in [2.45, 2.75) is 6.92 Å². The fourth-order valence-electron chi connectivity index (χ4n) is 2.22. The minimum absolute atomic E-state index is 0.437. The van der Waals surface area contributed by atoms with E-state index in [-0.39, 0.29) is 0 Å². The molecule has 1 aromatic carbocycles. The third-order valence-electron chi connectivity index (χ3n) is 3.19. The second kappa shape index (κ2) is 4.70. The van der Waals surface area contributed by atoms with Gasteiger partial charge in [-0.3, -0.25) is 9.78 Å². The maximum absolute atomic E-state index is 11.6. The molecule has 0 aliphatic carbocycles. The molecule has 0 saturated carbocycles. The number of nitrogens with one attached hydrogen (secondary N) is 1. The maximum atomic E-state index is 11.6. The summed E-state index contributed by atoms with van der Waals surface area (Å²) < 4.78 is 0. The predicted octanol–water partition coefficient (Wildman–Crippen LogP) is 2.02. The lowest BCUT2D eigenvalue weighted by atomic mass is 9.99. The highest BCUT2D eigenvalue weighted by Crippen LogP contribution is 2.30. The number of pyridine rings is 1. The Balaban J connectivity index is 2.17. The van der Waals surface area contributed by atoms with Crippen LogP contribution in [0.5, 0.6) is 5.75 Å². The quantitative estimate of drug-likeness (QED) is 0.872. The molecule has 0 atom stereocenters. The Kier molecular flexibility index (Phi) is 2.87. The monoisotopic (exact) mass is 267 g/mol. The van der Waals surface area contributed by atoms with Crippen molar-refractivity contribution in [1.82, 2.24) is 10.5 Å². The van der Waals surface area contributed by atoms with Crippen molar-refractivity contribution in [2.75, 3.05) is 0 Å². The first-order valence-electron chi connectivity index (χ1n) is 6.15. The fourth-order valence-corrected chi connectivity index (χ4v) is 2.22. The number of hydroxylamine groups is 1. The third-order valence-corrected chi connectivity index (χ3v) is 3.19. The van der Waals surface area contributed by atoms with Gasteiger partial charge in [0.15, 0.2) is 5.75 Å². The number of benzene rings is 1. The van der Waals surface area contributed by atoms with E-state index in [9.17, 15) is 4.79 Å². The molecule has 100 valence electrons. The predicted molar refractivity (Wildman–Crippen MR) is 75.7 cm³/mol. The number of amides is 1. The number of aromatic nitrogens is 1. The molecule has 0 unspecified atom stereocenters. The summed E-state index contributed by atoms with van der Waals surface area (Å²) in [5.74, 6) is 0.200. The van der Waals surface area contributed by atoms with E-state index in [1.165, 1.54) is 0 Å². The number of aryl methyl sites for hydroxylation is 1. The number of nitrogens with two attached hydrogens (primary N) is 1. The van der Waals surface area contributed by atoms with E-state index in [1.54, 1.807) is 18.5 Å². The number of nitrogens with zero attached hydrogens (tertiary/aromatic N) is 1. The second-order valence-corrected chi connectivity index (χ2v) is 4.52. The SMILES string of the molecule is Cc1ccnc(-c2ccc3c(c2)ONC=C3)c1C(N)=O. The standard InChI is InChI=1S/C15H13N3O2/c1-9-4-6-17-14(13(9)15(16)19)11-3-2-10-5-7-18-20-12(10)8-11/h2-8,18H,1H3,(H2,16,19). The number of carbonyl (C=O) groups is 1. The van der Waals surface area contributed by atoms with Gasteiger partial charge in [0.05, 0.1) is 11.3 Å². The van der Waals surface area contributed by atoms with E-state index in [4.69, 9.17) is 10.6 Å². The molecule has 1 amide bonds. The first-order valence-corrected chi connectivity index (χ1v) is 6.15. The molecule has 3 rings (SSSR count). The minimum Gasteiger partial charge on any atom is -0.382 e. The number of fused-ring (bicyclic) bond motifs is 1. The van der Waals surface area contributed by atoms with Gasteiger partial charge in [-0.05, 0) is 30.7 Å². The molecule has 2 aromatic rings. The Bertz CT molecular complexity index is 723. The van der Waals surface area contributed by atoms with Crippen LogP contribution < -0.4 is 16.1 Å². The van der Waals surface area contributed by atoms with Gasteiger partial charge in [-0.1, -0.05) is 12.1 Å². The normalized spacial score (nSPS) is 12.2. The highest BCUT2D eigenvalue weighted by molar-refractivity contribution is 6.00. The average molecular weight is 267 g/mol. The first kappa shape index (κ1) is 12.2. The van der Waals surface area contributed by atoms with E-state index in [0.717, 1.165) is 16.7 Å². The van der Waals surface area contributed by atoms with Crippen molar-refractivity contribution in [1.29, 1.82) is 0 Å². The Hall–Kier alpha value is -2.82. The molecule has 20 heavy (non-hydrogen) atoms. The maximum Gasteiger partial charge on any atom is 0.251 e. The summed E-state index contributed by atoms with van der Waals surface area (Å²) >= 11 is 0. The van der Waals surface area contributed by atoms with Gasteiger partial charge < -0.3 is 10.6 Å². The van der Waals surface area contributed by atoms with Gasteiger partial charge in [-0.25, -0.2) is 5.48 Å². The molecule has 0 spiro atoms. The lowest BCUT2D eigenvalue weighted by Gasteiger charge is -2.15. The van der Waals surface area contributed by atoms with Gasteiger partial charge in [0.1, 0.15) is 0 Å². The van der Waals surface area contributed by atoms with Crippen molar-refractivity contribution in [3.8, 4) is 17.0 Å².